The number of ether oxygens (including phenoxy) is 1. The number of benzene rings is 2. The first-order valence-electron chi connectivity index (χ1n) is 7.30. The average molecular weight is 278 g/mol. The van der Waals surface area contributed by atoms with Gasteiger partial charge in [0.15, 0.2) is 0 Å². The van der Waals surface area contributed by atoms with Gasteiger partial charge in [-0.25, -0.2) is 0 Å². The van der Waals surface area contributed by atoms with Crippen LogP contribution in [0.25, 0.3) is 0 Å². The molecule has 1 atom stereocenters. The lowest BCUT2D eigenvalue weighted by atomic mass is 9.85. The molecule has 0 bridgehead atoms. The van der Waals surface area contributed by atoms with E-state index < -0.39 is 0 Å². The van der Waals surface area contributed by atoms with Crippen molar-refractivity contribution in [2.75, 3.05) is 6.61 Å². The van der Waals surface area contributed by atoms with Crippen LogP contribution in [0.2, 0.25) is 0 Å². The van der Waals surface area contributed by atoms with E-state index >= 15 is 0 Å². The second-order valence-electron chi connectivity index (χ2n) is 4.98. The zero-order valence-electron chi connectivity index (χ0n) is 12.3. The van der Waals surface area contributed by atoms with Gasteiger partial charge in [-0.05, 0) is 17.5 Å². The van der Waals surface area contributed by atoms with E-state index in [1.807, 2.05) is 18.2 Å². The summed E-state index contributed by atoms with van der Waals surface area (Å²) in [6.45, 7) is 8.17. The molecular weight excluding hydrogens is 256 g/mol. The first-order valence-corrected chi connectivity index (χ1v) is 7.30. The molecule has 21 heavy (non-hydrogen) atoms. The summed E-state index contributed by atoms with van der Waals surface area (Å²) in [6.07, 6.45) is 4.59. The summed E-state index contributed by atoms with van der Waals surface area (Å²) < 4.78 is 6.01. The standard InChI is InChI=1S/C20H22O/c1-3-11-19(21-16-4-2)20(17-12-7-5-8-13-17)18-14-9-6-10-15-18/h3-10,12-15,19-20H,1-2,11,16H2/t19-/m1/s1. The molecule has 0 spiro atoms. The van der Waals surface area contributed by atoms with Crippen molar-refractivity contribution in [1.29, 1.82) is 0 Å². The molecule has 2 rings (SSSR count). The van der Waals surface area contributed by atoms with Gasteiger partial charge in [0, 0.05) is 5.92 Å². The van der Waals surface area contributed by atoms with E-state index in [1.54, 1.807) is 6.08 Å². The molecule has 0 amide bonds. The van der Waals surface area contributed by atoms with Crippen molar-refractivity contribution < 1.29 is 4.74 Å². The van der Waals surface area contributed by atoms with Crippen molar-refractivity contribution in [3.05, 3.63) is 97.1 Å². The van der Waals surface area contributed by atoms with Crippen molar-refractivity contribution in [2.24, 2.45) is 0 Å². The minimum Gasteiger partial charge on any atom is -0.373 e. The van der Waals surface area contributed by atoms with E-state index in [4.69, 9.17) is 4.74 Å². The van der Waals surface area contributed by atoms with E-state index in [0.29, 0.717) is 6.61 Å². The molecule has 108 valence electrons. The Labute approximate surface area is 127 Å². The summed E-state index contributed by atoms with van der Waals surface area (Å²) in [5.74, 6) is 0.199. The second-order valence-corrected chi connectivity index (χ2v) is 4.98. The van der Waals surface area contributed by atoms with E-state index in [0.717, 1.165) is 6.42 Å². The minimum atomic E-state index is 0.0605. The highest BCUT2D eigenvalue weighted by atomic mass is 16.5. The van der Waals surface area contributed by atoms with Gasteiger partial charge in [-0.2, -0.15) is 0 Å². The molecule has 0 saturated heterocycles. The van der Waals surface area contributed by atoms with E-state index in [1.165, 1.54) is 11.1 Å². The van der Waals surface area contributed by atoms with Crippen LogP contribution >= 0.6 is 0 Å². The van der Waals surface area contributed by atoms with Gasteiger partial charge in [0.2, 0.25) is 0 Å². The molecule has 1 nitrogen and oxygen atoms in total. The molecule has 2 aromatic rings. The Hall–Kier alpha value is -2.12. The van der Waals surface area contributed by atoms with Crippen molar-refractivity contribution in [3.63, 3.8) is 0 Å². The lowest BCUT2D eigenvalue weighted by molar-refractivity contribution is 0.0645. The van der Waals surface area contributed by atoms with Crippen LogP contribution < -0.4 is 0 Å². The highest BCUT2D eigenvalue weighted by Crippen LogP contribution is 2.31. The van der Waals surface area contributed by atoms with Crippen LogP contribution in [0.4, 0.5) is 0 Å². The zero-order valence-corrected chi connectivity index (χ0v) is 12.3. The van der Waals surface area contributed by atoms with Crippen LogP contribution in [0, 0.1) is 0 Å². The molecule has 0 unspecified atom stereocenters. The third-order valence-corrected chi connectivity index (χ3v) is 3.52. The number of hydrogen-bond acceptors (Lipinski definition) is 1. The van der Waals surface area contributed by atoms with Gasteiger partial charge >= 0.3 is 0 Å². The van der Waals surface area contributed by atoms with Gasteiger partial charge in [0.1, 0.15) is 0 Å². The highest BCUT2D eigenvalue weighted by molar-refractivity contribution is 5.34. The molecule has 0 N–H and O–H groups in total. The minimum absolute atomic E-state index is 0.0605. The molecule has 0 heterocycles. The van der Waals surface area contributed by atoms with Gasteiger partial charge in [-0.3, -0.25) is 0 Å². The molecule has 1 heteroatoms. The normalized spacial score (nSPS) is 12.0. The Bertz CT molecular complexity index is 505. The Morgan fingerprint density at radius 1 is 0.810 bits per heavy atom. The Morgan fingerprint density at radius 3 is 1.76 bits per heavy atom. The van der Waals surface area contributed by atoms with Gasteiger partial charge < -0.3 is 4.74 Å². The van der Waals surface area contributed by atoms with Crippen LogP contribution in [-0.2, 0) is 4.74 Å². The molecule has 0 aromatic heterocycles. The molecule has 0 saturated carbocycles. The quantitative estimate of drug-likeness (QED) is 0.620. The number of hydrogen-bond donors (Lipinski definition) is 0. The lowest BCUT2D eigenvalue weighted by Crippen LogP contribution is -2.23. The van der Waals surface area contributed by atoms with Crippen LogP contribution in [0.3, 0.4) is 0 Å². The summed E-state index contributed by atoms with van der Waals surface area (Å²) in [6, 6.07) is 21.0. The summed E-state index contributed by atoms with van der Waals surface area (Å²) in [5, 5.41) is 0. The average Bonchev–Trinajstić information content (AvgIpc) is 2.55. The zero-order chi connectivity index (χ0) is 14.9. The second kappa shape index (κ2) is 8.23. The van der Waals surface area contributed by atoms with Crippen molar-refractivity contribution in [3.8, 4) is 0 Å². The Kier molecular flexibility index (Phi) is 5.99. The molecule has 0 aliphatic heterocycles. The first kappa shape index (κ1) is 15.3. The smallest absolute Gasteiger partial charge is 0.0722 e. The fourth-order valence-corrected chi connectivity index (χ4v) is 2.60. The number of rotatable bonds is 8. The lowest BCUT2D eigenvalue weighted by Gasteiger charge is -2.27. The monoisotopic (exact) mass is 278 g/mol. The Balaban J connectivity index is 2.38. The summed E-state index contributed by atoms with van der Waals surface area (Å²) in [7, 11) is 0. The van der Waals surface area contributed by atoms with E-state index in [-0.39, 0.29) is 12.0 Å². The summed E-state index contributed by atoms with van der Waals surface area (Å²) in [5.41, 5.74) is 2.53. The molecule has 0 aliphatic carbocycles. The van der Waals surface area contributed by atoms with Crippen LogP contribution in [0.1, 0.15) is 23.5 Å². The van der Waals surface area contributed by atoms with Gasteiger partial charge in [-0.15, -0.1) is 13.2 Å². The Morgan fingerprint density at radius 2 is 1.33 bits per heavy atom. The third kappa shape index (κ3) is 4.17. The van der Waals surface area contributed by atoms with Gasteiger partial charge in [-0.1, -0.05) is 72.8 Å². The van der Waals surface area contributed by atoms with Crippen molar-refractivity contribution in [1.82, 2.24) is 0 Å². The largest absolute Gasteiger partial charge is 0.373 e. The van der Waals surface area contributed by atoms with Crippen molar-refractivity contribution in [2.45, 2.75) is 18.4 Å². The maximum Gasteiger partial charge on any atom is 0.0722 e. The summed E-state index contributed by atoms with van der Waals surface area (Å²) >= 11 is 0. The van der Waals surface area contributed by atoms with Crippen LogP contribution in [-0.4, -0.2) is 12.7 Å². The van der Waals surface area contributed by atoms with Crippen LogP contribution in [0.15, 0.2) is 86.0 Å². The molecule has 2 aromatic carbocycles. The topological polar surface area (TPSA) is 9.23 Å². The van der Waals surface area contributed by atoms with Gasteiger partial charge in [0.05, 0.1) is 12.7 Å². The maximum absolute atomic E-state index is 6.01. The fourth-order valence-electron chi connectivity index (χ4n) is 2.60. The molecule has 0 fully saturated rings. The van der Waals surface area contributed by atoms with Crippen molar-refractivity contribution >= 4 is 0 Å². The molecule has 0 radical (unpaired) electrons. The van der Waals surface area contributed by atoms with Gasteiger partial charge in [0.25, 0.3) is 0 Å². The molecular formula is C20H22O. The maximum atomic E-state index is 6.01. The predicted octanol–water partition coefficient (Wildman–Crippen LogP) is 4.97. The fraction of sp³-hybridized carbons (Fsp3) is 0.200. The van der Waals surface area contributed by atoms with Crippen LogP contribution in [0.5, 0.6) is 0 Å². The third-order valence-electron chi connectivity index (χ3n) is 3.52. The molecule has 0 aliphatic rings. The van der Waals surface area contributed by atoms with E-state index in [9.17, 15) is 0 Å². The first-order chi connectivity index (χ1) is 10.4. The summed E-state index contributed by atoms with van der Waals surface area (Å²) in [4.78, 5) is 0. The SMILES string of the molecule is C=CCO[C@H](CC=C)C(c1ccccc1)c1ccccc1. The van der Waals surface area contributed by atoms with E-state index in [2.05, 4.69) is 61.7 Å². The highest BCUT2D eigenvalue weighted by Gasteiger charge is 2.24. The predicted molar refractivity (Wildman–Crippen MR) is 89.5 cm³/mol.